The van der Waals surface area contributed by atoms with E-state index in [-0.39, 0.29) is 5.84 Å². The minimum absolute atomic E-state index is 0.122. The Morgan fingerprint density at radius 2 is 2.05 bits per heavy atom. The normalized spacial score (nSPS) is 11.6. The largest absolute Gasteiger partial charge is 0.409 e. The van der Waals surface area contributed by atoms with Crippen LogP contribution < -0.4 is 11.1 Å². The zero-order chi connectivity index (χ0) is 15.2. The van der Waals surface area contributed by atoms with Crippen molar-refractivity contribution in [3.8, 4) is 0 Å². The quantitative estimate of drug-likeness (QED) is 0.344. The summed E-state index contributed by atoms with van der Waals surface area (Å²) < 4.78 is 0. The number of amidine groups is 1. The maximum absolute atomic E-state index is 8.68. The minimum Gasteiger partial charge on any atom is -0.409 e. The highest BCUT2D eigenvalue weighted by molar-refractivity contribution is 6.30. The molecule has 5 heteroatoms. The van der Waals surface area contributed by atoms with Gasteiger partial charge in [-0.05, 0) is 41.8 Å². The summed E-state index contributed by atoms with van der Waals surface area (Å²) in [6, 6.07) is 13.5. The van der Waals surface area contributed by atoms with Crippen LogP contribution in [-0.4, -0.2) is 11.0 Å². The van der Waals surface area contributed by atoms with Crippen molar-refractivity contribution in [2.24, 2.45) is 10.9 Å². The smallest absolute Gasteiger partial charge is 0.170 e. The lowest BCUT2D eigenvalue weighted by atomic mass is 10.0. The van der Waals surface area contributed by atoms with Crippen LogP contribution in [0.2, 0.25) is 5.02 Å². The number of aryl methyl sites for hydroxylation is 1. The molecule has 21 heavy (non-hydrogen) atoms. The second-order valence-electron chi connectivity index (χ2n) is 4.86. The van der Waals surface area contributed by atoms with Crippen molar-refractivity contribution in [3.05, 3.63) is 69.7 Å². The predicted molar refractivity (Wildman–Crippen MR) is 85.7 cm³/mol. The van der Waals surface area contributed by atoms with E-state index in [2.05, 4.69) is 10.5 Å². The Hall–Kier alpha value is -2.04. The summed E-state index contributed by atoms with van der Waals surface area (Å²) >= 11 is 5.96. The number of nitrogens with zero attached hydrogens (tertiary/aromatic N) is 1. The Balaban J connectivity index is 1.97. The fourth-order valence-corrected chi connectivity index (χ4v) is 2.31. The lowest BCUT2D eigenvalue weighted by Gasteiger charge is -2.10. The average molecular weight is 304 g/mol. The topological polar surface area (TPSA) is 70.6 Å². The molecule has 0 saturated heterocycles. The van der Waals surface area contributed by atoms with Crippen molar-refractivity contribution in [1.82, 2.24) is 5.32 Å². The standard InChI is InChI=1S/C16H18ClN3O/c1-11-7-13(16(18)20-21)5-6-14(11)10-19-9-12-3-2-4-15(17)8-12/h2-8,19,21H,9-10H2,1H3,(H2,18,20). The van der Waals surface area contributed by atoms with Crippen LogP contribution in [0.25, 0.3) is 0 Å². The van der Waals surface area contributed by atoms with Gasteiger partial charge in [-0.2, -0.15) is 0 Å². The number of benzene rings is 2. The highest BCUT2D eigenvalue weighted by Crippen LogP contribution is 2.13. The van der Waals surface area contributed by atoms with E-state index in [9.17, 15) is 0 Å². The van der Waals surface area contributed by atoms with Crippen LogP contribution in [-0.2, 0) is 13.1 Å². The number of nitrogens with one attached hydrogen (secondary N) is 1. The van der Waals surface area contributed by atoms with Gasteiger partial charge in [-0.1, -0.05) is 41.0 Å². The van der Waals surface area contributed by atoms with Gasteiger partial charge in [-0.3, -0.25) is 0 Å². The molecule has 0 aromatic heterocycles. The van der Waals surface area contributed by atoms with E-state index in [4.69, 9.17) is 22.5 Å². The van der Waals surface area contributed by atoms with Crippen molar-refractivity contribution in [2.45, 2.75) is 20.0 Å². The van der Waals surface area contributed by atoms with Gasteiger partial charge < -0.3 is 16.3 Å². The molecule has 0 amide bonds. The molecule has 0 radical (unpaired) electrons. The number of rotatable bonds is 5. The fourth-order valence-electron chi connectivity index (χ4n) is 2.10. The van der Waals surface area contributed by atoms with E-state index >= 15 is 0 Å². The van der Waals surface area contributed by atoms with Gasteiger partial charge in [-0.25, -0.2) is 0 Å². The van der Waals surface area contributed by atoms with Crippen LogP contribution in [0.4, 0.5) is 0 Å². The summed E-state index contributed by atoms with van der Waals surface area (Å²) in [6.45, 7) is 3.50. The van der Waals surface area contributed by atoms with E-state index in [0.717, 1.165) is 29.2 Å². The summed E-state index contributed by atoms with van der Waals surface area (Å²) in [5, 5.41) is 15.8. The first kappa shape index (κ1) is 15.4. The molecule has 0 aliphatic heterocycles. The Kier molecular flexibility index (Phi) is 5.20. The van der Waals surface area contributed by atoms with Crippen molar-refractivity contribution in [2.75, 3.05) is 0 Å². The molecule has 4 N–H and O–H groups in total. The van der Waals surface area contributed by atoms with E-state index in [0.29, 0.717) is 5.56 Å². The van der Waals surface area contributed by atoms with Crippen molar-refractivity contribution >= 4 is 17.4 Å². The van der Waals surface area contributed by atoms with Gasteiger partial charge in [0, 0.05) is 23.7 Å². The second-order valence-corrected chi connectivity index (χ2v) is 5.30. The Morgan fingerprint density at radius 3 is 2.71 bits per heavy atom. The predicted octanol–water partition coefficient (Wildman–Crippen LogP) is 3.03. The average Bonchev–Trinajstić information content (AvgIpc) is 2.48. The number of hydrogen-bond acceptors (Lipinski definition) is 3. The molecule has 0 saturated carbocycles. The minimum atomic E-state index is 0.122. The Morgan fingerprint density at radius 1 is 1.24 bits per heavy atom. The van der Waals surface area contributed by atoms with Gasteiger partial charge in [-0.15, -0.1) is 0 Å². The summed E-state index contributed by atoms with van der Waals surface area (Å²) in [4.78, 5) is 0. The fraction of sp³-hybridized carbons (Fsp3) is 0.188. The summed E-state index contributed by atoms with van der Waals surface area (Å²) in [6.07, 6.45) is 0. The van der Waals surface area contributed by atoms with E-state index in [1.54, 1.807) is 0 Å². The Labute approximate surface area is 129 Å². The van der Waals surface area contributed by atoms with Gasteiger partial charge in [0.05, 0.1) is 0 Å². The number of halogens is 1. The van der Waals surface area contributed by atoms with E-state index in [1.165, 1.54) is 5.56 Å². The summed E-state index contributed by atoms with van der Waals surface area (Å²) in [5.74, 6) is 0.122. The highest BCUT2D eigenvalue weighted by atomic mass is 35.5. The van der Waals surface area contributed by atoms with Crippen molar-refractivity contribution in [3.63, 3.8) is 0 Å². The zero-order valence-electron chi connectivity index (χ0n) is 11.8. The van der Waals surface area contributed by atoms with Crippen LogP contribution in [0.5, 0.6) is 0 Å². The van der Waals surface area contributed by atoms with Gasteiger partial charge in [0.1, 0.15) is 0 Å². The first-order valence-corrected chi connectivity index (χ1v) is 7.00. The van der Waals surface area contributed by atoms with E-state index < -0.39 is 0 Å². The molecule has 0 atom stereocenters. The maximum atomic E-state index is 8.68. The second kappa shape index (κ2) is 7.11. The maximum Gasteiger partial charge on any atom is 0.170 e. The first-order chi connectivity index (χ1) is 10.1. The molecule has 2 rings (SSSR count). The van der Waals surface area contributed by atoms with Crippen LogP contribution in [0.3, 0.4) is 0 Å². The first-order valence-electron chi connectivity index (χ1n) is 6.62. The van der Waals surface area contributed by atoms with Gasteiger partial charge in [0.25, 0.3) is 0 Å². The lowest BCUT2D eigenvalue weighted by Crippen LogP contribution is -2.16. The number of nitrogens with two attached hydrogens (primary N) is 1. The van der Waals surface area contributed by atoms with Crippen molar-refractivity contribution < 1.29 is 5.21 Å². The molecule has 0 aliphatic rings. The SMILES string of the molecule is Cc1cc(/C(N)=N/O)ccc1CNCc1cccc(Cl)c1. The summed E-state index contributed by atoms with van der Waals surface area (Å²) in [7, 11) is 0. The molecule has 4 nitrogen and oxygen atoms in total. The Bertz CT molecular complexity index is 656. The molecular formula is C16H18ClN3O. The third-order valence-corrected chi connectivity index (χ3v) is 3.51. The monoisotopic (exact) mass is 303 g/mol. The van der Waals surface area contributed by atoms with Crippen LogP contribution in [0, 0.1) is 6.92 Å². The van der Waals surface area contributed by atoms with Gasteiger partial charge in [0.15, 0.2) is 5.84 Å². The zero-order valence-corrected chi connectivity index (χ0v) is 12.6. The molecule has 0 spiro atoms. The van der Waals surface area contributed by atoms with Crippen LogP contribution in [0.1, 0.15) is 22.3 Å². The third-order valence-electron chi connectivity index (χ3n) is 3.28. The van der Waals surface area contributed by atoms with Gasteiger partial charge >= 0.3 is 0 Å². The summed E-state index contributed by atoms with van der Waals surface area (Å²) in [5.41, 5.74) is 9.71. The van der Waals surface area contributed by atoms with Crippen LogP contribution in [0.15, 0.2) is 47.6 Å². The van der Waals surface area contributed by atoms with Crippen LogP contribution >= 0.6 is 11.6 Å². The molecular weight excluding hydrogens is 286 g/mol. The molecule has 0 bridgehead atoms. The lowest BCUT2D eigenvalue weighted by molar-refractivity contribution is 0.318. The number of hydrogen-bond donors (Lipinski definition) is 3. The molecule has 0 aliphatic carbocycles. The van der Waals surface area contributed by atoms with Gasteiger partial charge in [0.2, 0.25) is 0 Å². The molecule has 2 aromatic rings. The molecule has 110 valence electrons. The highest BCUT2D eigenvalue weighted by Gasteiger charge is 2.03. The molecule has 0 unspecified atom stereocenters. The van der Waals surface area contributed by atoms with Crippen molar-refractivity contribution in [1.29, 1.82) is 0 Å². The third kappa shape index (κ3) is 4.21. The molecule has 0 heterocycles. The molecule has 0 fully saturated rings. The molecule has 2 aromatic carbocycles. The van der Waals surface area contributed by atoms with E-state index in [1.807, 2.05) is 49.4 Å². The number of oxime groups is 1.